The number of nitrogens with zero attached hydrogens (tertiary/aromatic N) is 4. The minimum atomic E-state index is 0. The van der Waals surface area contributed by atoms with E-state index in [-0.39, 0.29) is 26.9 Å². The van der Waals surface area contributed by atoms with Crippen molar-refractivity contribution in [3.63, 3.8) is 0 Å². The number of benzene rings is 4. The van der Waals surface area contributed by atoms with Gasteiger partial charge in [0.25, 0.3) is 0 Å². The molecule has 0 aliphatic carbocycles. The number of aromatic nitrogens is 4. The predicted octanol–water partition coefficient (Wildman–Crippen LogP) is 8.16. The van der Waals surface area contributed by atoms with E-state index in [0.29, 0.717) is 33.8 Å². The third-order valence-corrected chi connectivity index (χ3v) is 8.33. The van der Waals surface area contributed by atoms with Crippen molar-refractivity contribution >= 4 is 55.0 Å². The first-order chi connectivity index (χ1) is 20.7. The first-order valence-electron chi connectivity index (χ1n) is 13.8. The van der Waals surface area contributed by atoms with E-state index in [1.165, 1.54) is 0 Å². The normalized spacial score (nSPS) is 11.5. The van der Waals surface area contributed by atoms with Gasteiger partial charge in [0, 0.05) is 53.1 Å². The van der Waals surface area contributed by atoms with Crippen LogP contribution in [0.4, 0.5) is 11.4 Å². The summed E-state index contributed by atoms with van der Waals surface area (Å²) in [6, 6.07) is 36.7. The van der Waals surface area contributed by atoms with Crippen molar-refractivity contribution in [2.45, 2.75) is 0 Å². The summed E-state index contributed by atoms with van der Waals surface area (Å²) >= 11 is 0. The summed E-state index contributed by atoms with van der Waals surface area (Å²) in [4.78, 5) is 20.4. The van der Waals surface area contributed by atoms with E-state index in [1.807, 2.05) is 60.7 Å². The van der Waals surface area contributed by atoms with Gasteiger partial charge < -0.3 is 28.9 Å². The van der Waals surface area contributed by atoms with Crippen molar-refractivity contribution < 1.29 is 19.5 Å². The van der Waals surface area contributed by atoms with Gasteiger partial charge in [0.15, 0.2) is 0 Å². The quantitative estimate of drug-likeness (QED) is 0.131. The topological polar surface area (TPSA) is 106 Å². The van der Waals surface area contributed by atoms with Crippen molar-refractivity contribution in [2.75, 3.05) is 11.5 Å². The fourth-order valence-corrected chi connectivity index (χ4v) is 6.36. The molecule has 0 amide bonds. The van der Waals surface area contributed by atoms with Gasteiger partial charge in [-0.2, -0.15) is 0 Å². The average molecular weight is 619 g/mol. The molecule has 7 aromatic rings. The molecule has 4 aromatic carbocycles. The Labute approximate surface area is 266 Å². The summed E-state index contributed by atoms with van der Waals surface area (Å²) in [5, 5.41) is 3.94. The zero-order valence-electron chi connectivity index (χ0n) is 24.0. The average Bonchev–Trinajstić information content (AvgIpc) is 3.79. The van der Waals surface area contributed by atoms with E-state index in [2.05, 4.69) is 48.5 Å². The van der Waals surface area contributed by atoms with Crippen molar-refractivity contribution in [3.8, 4) is 45.0 Å². The molecule has 9 rings (SSSR count). The largest absolute Gasteiger partial charge is 0.655 e. The van der Waals surface area contributed by atoms with Gasteiger partial charge in [0.1, 0.15) is 0 Å². The van der Waals surface area contributed by atoms with Crippen molar-refractivity contribution in [2.24, 2.45) is 0 Å². The minimum absolute atomic E-state index is 0. The number of anilines is 2. The second-order valence-electron chi connectivity index (χ2n) is 10.7. The van der Waals surface area contributed by atoms with Gasteiger partial charge in [0.2, 0.25) is 0 Å². The molecule has 0 saturated carbocycles. The molecule has 0 fully saturated rings. The van der Waals surface area contributed by atoms with Crippen molar-refractivity contribution in [3.05, 3.63) is 117 Å². The minimum Gasteiger partial charge on any atom is -0.655 e. The van der Waals surface area contributed by atoms with Crippen LogP contribution >= 0.6 is 0 Å². The van der Waals surface area contributed by atoms with Crippen LogP contribution in [0.5, 0.6) is 0 Å². The molecule has 2 aliphatic heterocycles. The van der Waals surface area contributed by atoms with Crippen LogP contribution in [0, 0.1) is 7.43 Å². The van der Waals surface area contributed by atoms with Crippen LogP contribution < -0.4 is 21.4 Å². The summed E-state index contributed by atoms with van der Waals surface area (Å²) in [7, 11) is 0. The van der Waals surface area contributed by atoms with Gasteiger partial charge in [-0.3, -0.25) is 0 Å². The number of nitrogen functional groups attached to an aromatic ring is 2. The van der Waals surface area contributed by atoms with Gasteiger partial charge in [-0.1, -0.05) is 97.1 Å². The van der Waals surface area contributed by atoms with Crippen LogP contribution in [0.3, 0.4) is 0 Å². The Morgan fingerprint density at radius 3 is 1.20 bits per heavy atom. The van der Waals surface area contributed by atoms with Crippen LogP contribution in [0.25, 0.3) is 88.6 Å². The number of fused-ring (bicyclic) bond motifs is 20. The maximum Gasteiger partial charge on any atom is 0.0933 e. The fraction of sp³-hybridized carbons (Fsp3) is 0. The Bertz CT molecular complexity index is 2280. The Morgan fingerprint density at radius 2 is 0.795 bits per heavy atom. The Morgan fingerprint density at radius 1 is 0.455 bits per heavy atom. The molecule has 6 nitrogen and oxygen atoms in total. The number of nitrogens with two attached hydrogens (primary N) is 2. The fourth-order valence-electron chi connectivity index (χ4n) is 6.36. The molecule has 7 heteroatoms. The SMILES string of the molecule is Nc1c2nc(cc3[n-]c(c(N)c4nc(cc5[n-]c1c1ccccc51)-c1ccccc1-4)c1ccccc31)-c1ccccc1-2.[CH3-].[Zn]. The van der Waals surface area contributed by atoms with Gasteiger partial charge in [-0.05, 0) is 33.7 Å². The summed E-state index contributed by atoms with van der Waals surface area (Å²) in [6.45, 7) is 0. The van der Waals surface area contributed by atoms with Crippen LogP contribution in [-0.4, -0.2) is 9.97 Å². The van der Waals surface area contributed by atoms with E-state index in [1.54, 1.807) is 0 Å². The van der Waals surface area contributed by atoms with Gasteiger partial charge in [-0.25, -0.2) is 9.97 Å². The molecule has 5 heterocycles. The number of hydrogen-bond donors (Lipinski definition) is 2. The molecule has 0 spiro atoms. The molecule has 0 saturated heterocycles. The van der Waals surface area contributed by atoms with E-state index < -0.39 is 0 Å². The summed E-state index contributed by atoms with van der Waals surface area (Å²) in [6.07, 6.45) is 0. The maximum atomic E-state index is 6.97. The van der Waals surface area contributed by atoms with Gasteiger partial charge in [-0.15, -0.1) is 22.1 Å². The van der Waals surface area contributed by atoms with E-state index in [0.717, 1.165) is 66.2 Å². The smallest absolute Gasteiger partial charge is 0.0933 e. The Kier molecular flexibility index (Phi) is 6.38. The van der Waals surface area contributed by atoms with Crippen molar-refractivity contribution in [1.82, 2.24) is 19.9 Å². The van der Waals surface area contributed by atoms with E-state index in [9.17, 15) is 0 Å². The first kappa shape index (κ1) is 27.6. The molecule has 0 unspecified atom stereocenters. The molecule has 3 aromatic heterocycles. The monoisotopic (exact) mass is 617 g/mol. The first-order valence-corrected chi connectivity index (χ1v) is 13.8. The van der Waals surface area contributed by atoms with Crippen molar-refractivity contribution in [1.29, 1.82) is 0 Å². The van der Waals surface area contributed by atoms with Crippen LogP contribution in [0.1, 0.15) is 0 Å². The molecule has 2 aliphatic rings. The molecule has 0 radical (unpaired) electrons. The van der Waals surface area contributed by atoms with E-state index >= 15 is 0 Å². The third-order valence-electron chi connectivity index (χ3n) is 8.33. The summed E-state index contributed by atoms with van der Waals surface area (Å²) in [5.41, 5.74) is 25.0. The van der Waals surface area contributed by atoms with Crippen LogP contribution in [0.15, 0.2) is 109 Å². The second-order valence-corrected chi connectivity index (χ2v) is 10.7. The van der Waals surface area contributed by atoms with Gasteiger partial charge >= 0.3 is 0 Å². The molecule has 4 N–H and O–H groups in total. The Balaban J connectivity index is 0.00000156. The van der Waals surface area contributed by atoms with Crippen LogP contribution in [-0.2, 0) is 19.5 Å². The maximum absolute atomic E-state index is 6.97. The molecule has 0 atom stereocenters. The third kappa shape index (κ3) is 3.83. The molecular weight excluding hydrogens is 594 g/mol. The molecular formula is C37H25N6Zn-3. The zero-order valence-corrected chi connectivity index (χ0v) is 27.0. The number of rotatable bonds is 0. The zero-order chi connectivity index (χ0) is 27.9. The predicted molar refractivity (Wildman–Crippen MR) is 178 cm³/mol. The summed E-state index contributed by atoms with van der Waals surface area (Å²) < 4.78 is 0. The molecule has 208 valence electrons. The van der Waals surface area contributed by atoms with Gasteiger partial charge in [0.05, 0.1) is 22.8 Å². The van der Waals surface area contributed by atoms with E-state index in [4.69, 9.17) is 31.4 Å². The number of hydrogen-bond acceptors (Lipinski definition) is 4. The molecule has 8 bridgehead atoms. The van der Waals surface area contributed by atoms with Crippen LogP contribution in [0.2, 0.25) is 0 Å². The molecule has 44 heavy (non-hydrogen) atoms. The second kappa shape index (κ2) is 10.2. The standard InChI is InChI=1S/C36H22N6.CH3.Zn/c37-31-33-23-13-5-1-9-19(23)27(39-33)17-28-20-10-2-6-14-24(20)35(40-28)32(38)36-26-16-8-4-12-22(26)30(42-36)18-29-21-11-3-7-15-25(21)34(31)41-29;;/h1-18H,37-38H2;1H3;/q-2;-1;. The summed E-state index contributed by atoms with van der Waals surface area (Å²) in [5.74, 6) is 0. The Hall–Kier alpha value is -5.26.